The predicted octanol–water partition coefficient (Wildman–Crippen LogP) is 3.93. The Hall–Kier alpha value is -1.83. The van der Waals surface area contributed by atoms with Crippen molar-refractivity contribution in [2.45, 2.75) is 25.8 Å². The zero-order chi connectivity index (χ0) is 20.7. The first kappa shape index (κ1) is 22.5. The average Bonchev–Trinajstić information content (AvgIpc) is 2.59. The molecule has 0 unspecified atom stereocenters. The van der Waals surface area contributed by atoms with Crippen molar-refractivity contribution in [2.75, 3.05) is 12.8 Å². The van der Waals surface area contributed by atoms with Gasteiger partial charge in [-0.15, -0.1) is 0 Å². The second kappa shape index (κ2) is 10.1. The molecule has 0 amide bonds. The van der Waals surface area contributed by atoms with Crippen LogP contribution in [-0.2, 0) is 28.7 Å². The Morgan fingerprint density at radius 3 is 2.43 bits per heavy atom. The molecule has 0 aromatic heterocycles. The molecule has 28 heavy (non-hydrogen) atoms. The van der Waals surface area contributed by atoms with Crippen molar-refractivity contribution in [3.8, 4) is 0 Å². The van der Waals surface area contributed by atoms with Gasteiger partial charge in [0, 0.05) is 29.4 Å². The highest BCUT2D eigenvalue weighted by Gasteiger charge is 2.11. The lowest BCUT2D eigenvalue weighted by Crippen LogP contribution is -2.36. The Bertz CT molecular complexity index is 966. The highest BCUT2D eigenvalue weighted by atomic mass is 35.5. The monoisotopic (exact) mass is 445 g/mol. The number of halogens is 3. The highest BCUT2D eigenvalue weighted by molar-refractivity contribution is 7.89. The fourth-order valence-electron chi connectivity index (χ4n) is 2.51. The standard InChI is InChI=1S/C19H22Cl2FN3O2S/c1-3-23-19(24-10-13-4-6-16(20)9-18(13)21)25-11-15-8-17(22)7-5-14(15)12-28(2,26)27/h4-9H,3,10-12H2,1-2H3,(H2,23,24,25). The third-order valence-corrected chi connectivity index (χ3v) is 5.22. The van der Waals surface area contributed by atoms with Crippen molar-refractivity contribution < 1.29 is 12.8 Å². The zero-order valence-electron chi connectivity index (χ0n) is 15.6. The van der Waals surface area contributed by atoms with E-state index in [4.69, 9.17) is 23.2 Å². The zero-order valence-corrected chi connectivity index (χ0v) is 17.9. The van der Waals surface area contributed by atoms with E-state index in [0.717, 1.165) is 11.8 Å². The molecule has 0 radical (unpaired) electrons. The minimum Gasteiger partial charge on any atom is -0.357 e. The van der Waals surface area contributed by atoms with Gasteiger partial charge in [-0.1, -0.05) is 35.3 Å². The Morgan fingerprint density at radius 2 is 1.79 bits per heavy atom. The van der Waals surface area contributed by atoms with E-state index < -0.39 is 15.7 Å². The number of hydrogen-bond donors (Lipinski definition) is 2. The maximum absolute atomic E-state index is 13.6. The molecular formula is C19H22Cl2FN3O2S. The largest absolute Gasteiger partial charge is 0.357 e. The lowest BCUT2D eigenvalue weighted by atomic mass is 10.1. The molecule has 152 valence electrons. The van der Waals surface area contributed by atoms with Gasteiger partial charge in [-0.05, 0) is 47.9 Å². The topological polar surface area (TPSA) is 70.6 Å². The summed E-state index contributed by atoms with van der Waals surface area (Å²) >= 11 is 12.1. The van der Waals surface area contributed by atoms with Crippen LogP contribution in [0.4, 0.5) is 4.39 Å². The number of nitrogens with zero attached hydrogens (tertiary/aromatic N) is 1. The minimum atomic E-state index is -3.24. The molecule has 2 aromatic carbocycles. The van der Waals surface area contributed by atoms with Gasteiger partial charge < -0.3 is 10.6 Å². The number of rotatable bonds is 7. The van der Waals surface area contributed by atoms with Gasteiger partial charge in [0.1, 0.15) is 5.82 Å². The van der Waals surface area contributed by atoms with Crippen LogP contribution in [0, 0.1) is 5.82 Å². The molecule has 0 bridgehead atoms. The van der Waals surface area contributed by atoms with E-state index in [-0.39, 0.29) is 12.3 Å². The fraction of sp³-hybridized carbons (Fsp3) is 0.316. The van der Waals surface area contributed by atoms with Crippen LogP contribution in [-0.4, -0.2) is 27.2 Å². The molecule has 0 saturated carbocycles. The van der Waals surface area contributed by atoms with Crippen LogP contribution < -0.4 is 10.6 Å². The van der Waals surface area contributed by atoms with Gasteiger partial charge in [-0.2, -0.15) is 0 Å². The van der Waals surface area contributed by atoms with Crippen molar-refractivity contribution in [3.63, 3.8) is 0 Å². The summed E-state index contributed by atoms with van der Waals surface area (Å²) in [5.41, 5.74) is 1.90. The molecule has 0 aliphatic rings. The fourth-order valence-corrected chi connectivity index (χ4v) is 3.84. The van der Waals surface area contributed by atoms with Crippen molar-refractivity contribution >= 4 is 39.0 Å². The molecule has 0 atom stereocenters. The number of benzene rings is 2. The summed E-state index contributed by atoms with van der Waals surface area (Å²) in [6.07, 6.45) is 1.14. The van der Waals surface area contributed by atoms with Gasteiger partial charge in [0.25, 0.3) is 0 Å². The molecule has 0 fully saturated rings. The Morgan fingerprint density at radius 1 is 1.07 bits per heavy atom. The molecule has 9 heteroatoms. The van der Waals surface area contributed by atoms with Gasteiger partial charge in [0.15, 0.2) is 15.8 Å². The third kappa shape index (κ3) is 7.30. The van der Waals surface area contributed by atoms with Crippen molar-refractivity contribution in [3.05, 3.63) is 69.0 Å². The molecular weight excluding hydrogens is 424 g/mol. The molecule has 0 spiro atoms. The smallest absolute Gasteiger partial charge is 0.191 e. The second-order valence-corrected chi connectivity index (χ2v) is 9.25. The van der Waals surface area contributed by atoms with E-state index in [0.29, 0.717) is 40.2 Å². The van der Waals surface area contributed by atoms with E-state index >= 15 is 0 Å². The van der Waals surface area contributed by atoms with Crippen molar-refractivity contribution in [2.24, 2.45) is 4.99 Å². The first-order valence-corrected chi connectivity index (χ1v) is 11.4. The molecule has 0 heterocycles. The summed E-state index contributed by atoms with van der Waals surface area (Å²) in [5.74, 6) is -0.0981. The van der Waals surface area contributed by atoms with Crippen LogP contribution in [0.1, 0.15) is 23.6 Å². The molecule has 2 aromatic rings. The van der Waals surface area contributed by atoms with E-state index in [1.165, 1.54) is 18.2 Å². The number of nitrogens with one attached hydrogen (secondary N) is 2. The first-order valence-electron chi connectivity index (χ1n) is 8.59. The number of sulfone groups is 1. The van der Waals surface area contributed by atoms with Crippen LogP contribution >= 0.6 is 23.2 Å². The molecule has 2 rings (SSSR count). The average molecular weight is 446 g/mol. The van der Waals surface area contributed by atoms with Crippen LogP contribution in [0.25, 0.3) is 0 Å². The number of guanidine groups is 1. The van der Waals surface area contributed by atoms with Crippen LogP contribution in [0.5, 0.6) is 0 Å². The summed E-state index contributed by atoms with van der Waals surface area (Å²) in [6, 6.07) is 9.27. The van der Waals surface area contributed by atoms with Gasteiger partial charge in [-0.3, -0.25) is 0 Å². The van der Waals surface area contributed by atoms with Crippen LogP contribution in [0.15, 0.2) is 41.4 Å². The summed E-state index contributed by atoms with van der Waals surface area (Å²) in [5, 5.41) is 7.34. The minimum absolute atomic E-state index is 0.131. The lowest BCUT2D eigenvalue weighted by molar-refractivity contribution is 0.600. The van der Waals surface area contributed by atoms with E-state index in [2.05, 4.69) is 15.6 Å². The maximum Gasteiger partial charge on any atom is 0.191 e. The summed E-state index contributed by atoms with van der Waals surface area (Å²) in [6.45, 7) is 3.09. The quantitative estimate of drug-likeness (QED) is 0.500. The number of hydrogen-bond acceptors (Lipinski definition) is 3. The SMILES string of the molecule is CCNC(=NCc1cc(F)ccc1CS(C)(=O)=O)NCc1ccc(Cl)cc1Cl. The summed E-state index contributed by atoms with van der Waals surface area (Å²) in [7, 11) is -3.24. The van der Waals surface area contributed by atoms with Crippen molar-refractivity contribution in [1.82, 2.24) is 10.6 Å². The Kier molecular flexibility index (Phi) is 8.10. The van der Waals surface area contributed by atoms with Gasteiger partial charge >= 0.3 is 0 Å². The molecule has 0 aliphatic heterocycles. The van der Waals surface area contributed by atoms with Gasteiger partial charge in [0.05, 0.1) is 12.3 Å². The van der Waals surface area contributed by atoms with Gasteiger partial charge in [-0.25, -0.2) is 17.8 Å². The first-order chi connectivity index (χ1) is 13.2. The Labute approximate surface area is 174 Å². The third-order valence-electron chi connectivity index (χ3n) is 3.80. The van der Waals surface area contributed by atoms with E-state index in [1.54, 1.807) is 12.1 Å². The maximum atomic E-state index is 13.6. The summed E-state index contributed by atoms with van der Waals surface area (Å²) in [4.78, 5) is 4.44. The van der Waals surface area contributed by atoms with Crippen LogP contribution in [0.2, 0.25) is 10.0 Å². The molecule has 0 saturated heterocycles. The van der Waals surface area contributed by atoms with E-state index in [1.807, 2.05) is 13.0 Å². The van der Waals surface area contributed by atoms with Crippen LogP contribution in [0.3, 0.4) is 0 Å². The number of aliphatic imine (C=N–C) groups is 1. The van der Waals surface area contributed by atoms with E-state index in [9.17, 15) is 12.8 Å². The predicted molar refractivity (Wildman–Crippen MR) is 113 cm³/mol. The molecule has 5 nitrogen and oxygen atoms in total. The second-order valence-electron chi connectivity index (χ2n) is 6.27. The normalized spacial score (nSPS) is 12.1. The Balaban J connectivity index is 2.17. The molecule has 0 aliphatic carbocycles. The molecule has 2 N–H and O–H groups in total. The van der Waals surface area contributed by atoms with Gasteiger partial charge in [0.2, 0.25) is 0 Å². The summed E-state index contributed by atoms with van der Waals surface area (Å²) < 4.78 is 36.9. The lowest BCUT2D eigenvalue weighted by Gasteiger charge is -2.13. The van der Waals surface area contributed by atoms with Crippen molar-refractivity contribution in [1.29, 1.82) is 0 Å². The highest BCUT2D eigenvalue weighted by Crippen LogP contribution is 2.20.